The van der Waals surface area contributed by atoms with E-state index in [9.17, 15) is 0 Å². The molecule has 138 valence electrons. The summed E-state index contributed by atoms with van der Waals surface area (Å²) in [6.45, 7) is 2.15. The first kappa shape index (κ1) is 24.4. The van der Waals surface area contributed by atoms with Crippen LogP contribution in [-0.2, 0) is 26.2 Å². The molecule has 0 aliphatic rings. The Balaban J connectivity index is 0.000000284. The molecule has 3 heteroatoms. The first-order chi connectivity index (χ1) is 12.3. The summed E-state index contributed by atoms with van der Waals surface area (Å²) in [5.74, 6) is 0. The summed E-state index contributed by atoms with van der Waals surface area (Å²) in [6, 6.07) is 36.2. The molecule has 0 fully saturated rings. The molecule has 0 nitrogen and oxygen atoms in total. The minimum absolute atomic E-state index is 0. The van der Waals surface area contributed by atoms with Gasteiger partial charge in [-0.25, -0.2) is 0 Å². The van der Waals surface area contributed by atoms with Crippen LogP contribution in [0.25, 0.3) is 32.7 Å². The third-order valence-electron chi connectivity index (χ3n) is 4.53. The zero-order valence-corrected chi connectivity index (χ0v) is 19.5. The number of benzene rings is 3. The van der Waals surface area contributed by atoms with E-state index >= 15 is 0 Å². The van der Waals surface area contributed by atoms with Crippen LogP contribution in [0.1, 0.15) is 5.56 Å². The second kappa shape index (κ2) is 11.4. The van der Waals surface area contributed by atoms with E-state index in [-0.39, 0.29) is 51.0 Å². The third kappa shape index (κ3) is 5.45. The van der Waals surface area contributed by atoms with Crippen LogP contribution in [-0.4, -0.2) is 0 Å². The largest absolute Gasteiger partial charge is 4.00 e. The maximum absolute atomic E-state index is 2.26. The molecule has 0 aliphatic carbocycles. The predicted molar refractivity (Wildman–Crippen MR) is 109 cm³/mol. The zero-order chi connectivity index (χ0) is 17.1. The van der Waals surface area contributed by atoms with Gasteiger partial charge in [-0.05, 0) is 5.56 Å². The van der Waals surface area contributed by atoms with Crippen LogP contribution in [0.4, 0.5) is 0 Å². The number of halogens is 2. The quantitative estimate of drug-likeness (QED) is 0.314. The van der Waals surface area contributed by atoms with E-state index in [1.807, 2.05) is 0 Å². The van der Waals surface area contributed by atoms with Gasteiger partial charge in [0.2, 0.25) is 0 Å². The minimum atomic E-state index is 0. The van der Waals surface area contributed by atoms with Crippen molar-refractivity contribution in [3.05, 3.63) is 109 Å². The van der Waals surface area contributed by atoms with Crippen molar-refractivity contribution < 1.29 is 51.0 Å². The van der Waals surface area contributed by atoms with Gasteiger partial charge >= 0.3 is 26.2 Å². The van der Waals surface area contributed by atoms with E-state index in [2.05, 4.69) is 110 Å². The maximum Gasteiger partial charge on any atom is 4.00 e. The summed E-state index contributed by atoms with van der Waals surface area (Å²) in [6.07, 6.45) is 0. The van der Waals surface area contributed by atoms with Crippen molar-refractivity contribution in [3.8, 4) is 11.1 Å². The second-order valence-corrected chi connectivity index (χ2v) is 6.36. The van der Waals surface area contributed by atoms with Gasteiger partial charge in [-0.3, -0.25) is 0 Å². The van der Waals surface area contributed by atoms with Crippen LogP contribution in [0, 0.1) is 6.92 Å². The van der Waals surface area contributed by atoms with Crippen LogP contribution in [0.2, 0.25) is 0 Å². The van der Waals surface area contributed by atoms with Crippen LogP contribution < -0.4 is 24.8 Å². The molecular formula is C25H20Cl2Zr. The zero-order valence-electron chi connectivity index (χ0n) is 15.6. The number of hydrogen-bond donors (Lipinski definition) is 0. The summed E-state index contributed by atoms with van der Waals surface area (Å²) in [7, 11) is 0. The SMILES string of the molecule is Cc1cc2c(-c3ccccc3)cccc2[cH-]1.[Cl-].[Cl-].[Zr+4].c1ccc2[cH-]ccc2c1. The van der Waals surface area contributed by atoms with E-state index < -0.39 is 0 Å². The molecule has 0 saturated heterocycles. The summed E-state index contributed by atoms with van der Waals surface area (Å²) in [5, 5.41) is 5.35. The van der Waals surface area contributed by atoms with Gasteiger partial charge in [0, 0.05) is 0 Å². The predicted octanol–water partition coefficient (Wildman–Crippen LogP) is 1.10. The summed E-state index contributed by atoms with van der Waals surface area (Å²) >= 11 is 0. The molecular weight excluding hydrogens is 462 g/mol. The maximum atomic E-state index is 2.26. The van der Waals surface area contributed by atoms with E-state index in [0.717, 1.165) is 0 Å². The monoisotopic (exact) mass is 480 g/mol. The Kier molecular flexibility index (Phi) is 9.90. The van der Waals surface area contributed by atoms with E-state index in [4.69, 9.17) is 0 Å². The Labute approximate surface area is 198 Å². The Morgan fingerprint density at radius 3 is 2.11 bits per heavy atom. The van der Waals surface area contributed by atoms with Crippen molar-refractivity contribution in [3.63, 3.8) is 0 Å². The van der Waals surface area contributed by atoms with E-state index in [0.29, 0.717) is 0 Å². The van der Waals surface area contributed by atoms with Gasteiger partial charge in [0.15, 0.2) is 0 Å². The molecule has 0 aromatic heterocycles. The molecule has 0 bridgehead atoms. The topological polar surface area (TPSA) is 0 Å². The number of aryl methyl sites for hydroxylation is 1. The van der Waals surface area contributed by atoms with Gasteiger partial charge in [0.05, 0.1) is 0 Å². The molecule has 5 rings (SSSR count). The first-order valence-corrected chi connectivity index (χ1v) is 8.63. The molecule has 5 aromatic rings. The van der Waals surface area contributed by atoms with Gasteiger partial charge in [0.25, 0.3) is 0 Å². The molecule has 0 spiro atoms. The Bertz CT molecular complexity index is 1080. The van der Waals surface area contributed by atoms with Crippen LogP contribution >= 0.6 is 0 Å². The molecule has 28 heavy (non-hydrogen) atoms. The minimum Gasteiger partial charge on any atom is -1.00 e. The summed E-state index contributed by atoms with van der Waals surface area (Å²) in [4.78, 5) is 0. The van der Waals surface area contributed by atoms with Gasteiger partial charge in [0.1, 0.15) is 0 Å². The van der Waals surface area contributed by atoms with Crippen LogP contribution in [0.3, 0.4) is 0 Å². The Hall–Kier alpha value is -1.66. The van der Waals surface area contributed by atoms with E-state index in [1.165, 1.54) is 38.2 Å². The first-order valence-electron chi connectivity index (χ1n) is 8.63. The Morgan fingerprint density at radius 1 is 0.679 bits per heavy atom. The van der Waals surface area contributed by atoms with Crippen LogP contribution in [0.5, 0.6) is 0 Å². The van der Waals surface area contributed by atoms with Gasteiger partial charge < -0.3 is 24.8 Å². The van der Waals surface area contributed by atoms with Crippen molar-refractivity contribution in [2.24, 2.45) is 0 Å². The summed E-state index contributed by atoms with van der Waals surface area (Å²) in [5.41, 5.74) is 3.95. The standard InChI is InChI=1S/C16H13.C9H7.2ClH.Zr/c1-12-10-14-8-5-9-15(16(14)11-12)13-6-3-2-4-7-13;1-2-5-9-7-3-6-8(9)4-1;;;/h2-11H,1H3;1-7H;2*1H;/q2*-1;;;+4/p-2. The van der Waals surface area contributed by atoms with Crippen molar-refractivity contribution in [1.29, 1.82) is 0 Å². The van der Waals surface area contributed by atoms with Gasteiger partial charge in [-0.15, -0.1) is 64.2 Å². The van der Waals surface area contributed by atoms with Crippen LogP contribution in [0.15, 0.2) is 103 Å². The third-order valence-corrected chi connectivity index (χ3v) is 4.53. The molecule has 0 amide bonds. The molecule has 0 heterocycles. The average Bonchev–Trinajstić information content (AvgIpc) is 3.28. The molecule has 0 atom stereocenters. The number of hydrogen-bond acceptors (Lipinski definition) is 0. The fourth-order valence-electron chi connectivity index (χ4n) is 3.32. The van der Waals surface area contributed by atoms with Crippen molar-refractivity contribution in [1.82, 2.24) is 0 Å². The Morgan fingerprint density at radius 2 is 1.36 bits per heavy atom. The van der Waals surface area contributed by atoms with Gasteiger partial charge in [-0.2, -0.15) is 23.6 Å². The average molecular weight is 483 g/mol. The smallest absolute Gasteiger partial charge is 1.00 e. The molecule has 0 aliphatic heterocycles. The fourth-order valence-corrected chi connectivity index (χ4v) is 3.32. The molecule has 0 N–H and O–H groups in total. The molecule has 5 aromatic carbocycles. The number of rotatable bonds is 1. The molecule has 0 radical (unpaired) electrons. The van der Waals surface area contributed by atoms with Crippen molar-refractivity contribution >= 4 is 21.5 Å². The van der Waals surface area contributed by atoms with E-state index in [1.54, 1.807) is 0 Å². The molecule has 0 saturated carbocycles. The van der Waals surface area contributed by atoms with Gasteiger partial charge in [-0.1, -0.05) is 55.0 Å². The van der Waals surface area contributed by atoms with Crippen molar-refractivity contribution in [2.75, 3.05) is 0 Å². The molecule has 0 unspecified atom stereocenters. The van der Waals surface area contributed by atoms with Crippen molar-refractivity contribution in [2.45, 2.75) is 6.92 Å². The second-order valence-electron chi connectivity index (χ2n) is 6.36. The fraction of sp³-hybridized carbons (Fsp3) is 0.0400. The number of fused-ring (bicyclic) bond motifs is 2. The normalized spacial score (nSPS) is 9.46. The summed E-state index contributed by atoms with van der Waals surface area (Å²) < 4.78 is 0.